The highest BCUT2D eigenvalue weighted by molar-refractivity contribution is 7.17. The van der Waals surface area contributed by atoms with E-state index in [1.807, 2.05) is 13.8 Å². The monoisotopic (exact) mass is 244 g/mol. The van der Waals surface area contributed by atoms with E-state index in [0.717, 1.165) is 6.54 Å². The van der Waals surface area contributed by atoms with Crippen molar-refractivity contribution in [1.82, 2.24) is 15.5 Å². The van der Waals surface area contributed by atoms with Crippen molar-refractivity contribution in [3.63, 3.8) is 0 Å². The molecule has 0 unspecified atom stereocenters. The molecule has 2 N–H and O–H groups in total. The number of rotatable bonds is 7. The van der Waals surface area contributed by atoms with E-state index in [0.29, 0.717) is 29.9 Å². The summed E-state index contributed by atoms with van der Waals surface area (Å²) in [6, 6.07) is 0. The maximum Gasteiger partial charge on any atom is 0.282 e. The lowest BCUT2D eigenvalue weighted by molar-refractivity contribution is 0.0921. The van der Waals surface area contributed by atoms with E-state index in [9.17, 15) is 4.79 Å². The number of anilines is 1. The molecule has 7 heteroatoms. The summed E-state index contributed by atoms with van der Waals surface area (Å²) in [6.07, 6.45) is 0. The average molecular weight is 244 g/mol. The van der Waals surface area contributed by atoms with Crippen LogP contribution in [0.1, 0.15) is 23.6 Å². The number of nitrogens with zero attached hydrogens (tertiary/aromatic N) is 2. The molecule has 6 nitrogen and oxygen atoms in total. The largest absolute Gasteiger partial charge is 0.380 e. The number of carbonyl (C=O) groups is 1. The van der Waals surface area contributed by atoms with Crippen molar-refractivity contribution in [2.75, 3.05) is 31.6 Å². The van der Waals surface area contributed by atoms with Gasteiger partial charge < -0.3 is 15.4 Å². The average Bonchev–Trinajstić information content (AvgIpc) is 2.73. The molecule has 0 fully saturated rings. The van der Waals surface area contributed by atoms with Crippen LogP contribution in [-0.2, 0) is 4.74 Å². The fraction of sp³-hybridized carbons (Fsp3) is 0.667. The lowest BCUT2D eigenvalue weighted by Crippen LogP contribution is -2.27. The summed E-state index contributed by atoms with van der Waals surface area (Å²) in [5.74, 6) is -0.207. The van der Waals surface area contributed by atoms with Gasteiger partial charge in [-0.05, 0) is 13.8 Å². The third-order valence-electron chi connectivity index (χ3n) is 1.68. The van der Waals surface area contributed by atoms with Gasteiger partial charge in [-0.25, -0.2) is 0 Å². The number of aromatic nitrogens is 2. The zero-order valence-electron chi connectivity index (χ0n) is 9.45. The summed E-state index contributed by atoms with van der Waals surface area (Å²) >= 11 is 1.24. The van der Waals surface area contributed by atoms with Gasteiger partial charge in [0.1, 0.15) is 0 Å². The number of hydrogen-bond donors (Lipinski definition) is 2. The van der Waals surface area contributed by atoms with Gasteiger partial charge in [0, 0.05) is 19.7 Å². The maximum absolute atomic E-state index is 11.5. The van der Waals surface area contributed by atoms with Gasteiger partial charge in [0.15, 0.2) is 0 Å². The van der Waals surface area contributed by atoms with Gasteiger partial charge in [0.05, 0.1) is 6.61 Å². The van der Waals surface area contributed by atoms with Crippen molar-refractivity contribution < 1.29 is 9.53 Å². The smallest absolute Gasteiger partial charge is 0.282 e. The molecule has 1 aromatic rings. The van der Waals surface area contributed by atoms with Gasteiger partial charge in [-0.1, -0.05) is 11.3 Å². The molecule has 0 aromatic carbocycles. The molecular formula is C9H16N4O2S. The fourth-order valence-electron chi connectivity index (χ4n) is 0.994. The third kappa shape index (κ3) is 4.11. The van der Waals surface area contributed by atoms with Crippen LogP contribution in [0.4, 0.5) is 5.13 Å². The van der Waals surface area contributed by atoms with Crippen LogP contribution in [0.3, 0.4) is 0 Å². The first kappa shape index (κ1) is 12.9. The number of nitrogens with one attached hydrogen (secondary N) is 2. The number of amides is 1. The Balaban J connectivity index is 2.34. The summed E-state index contributed by atoms with van der Waals surface area (Å²) < 4.78 is 5.10. The van der Waals surface area contributed by atoms with E-state index in [1.54, 1.807) is 0 Å². The Bertz CT molecular complexity index is 329. The Morgan fingerprint density at radius 3 is 2.94 bits per heavy atom. The Morgan fingerprint density at radius 1 is 1.44 bits per heavy atom. The predicted molar refractivity (Wildman–Crippen MR) is 62.9 cm³/mol. The van der Waals surface area contributed by atoms with Gasteiger partial charge >= 0.3 is 0 Å². The summed E-state index contributed by atoms with van der Waals surface area (Å²) in [4.78, 5) is 11.5. The maximum atomic E-state index is 11.5. The molecule has 1 rings (SSSR count). The van der Waals surface area contributed by atoms with Gasteiger partial charge in [0.25, 0.3) is 5.91 Å². The highest BCUT2D eigenvalue weighted by atomic mass is 32.1. The van der Waals surface area contributed by atoms with Gasteiger partial charge in [-0.3, -0.25) is 4.79 Å². The molecule has 0 atom stereocenters. The molecule has 16 heavy (non-hydrogen) atoms. The van der Waals surface area contributed by atoms with E-state index in [2.05, 4.69) is 20.8 Å². The Hall–Kier alpha value is -1.21. The summed E-state index contributed by atoms with van der Waals surface area (Å²) in [5, 5.41) is 14.4. The summed E-state index contributed by atoms with van der Waals surface area (Å²) in [7, 11) is 0. The fourth-order valence-corrected chi connectivity index (χ4v) is 1.72. The zero-order valence-corrected chi connectivity index (χ0v) is 10.3. The van der Waals surface area contributed by atoms with Gasteiger partial charge in [0.2, 0.25) is 10.1 Å². The van der Waals surface area contributed by atoms with Crippen LogP contribution in [0.5, 0.6) is 0 Å². The molecule has 1 aromatic heterocycles. The second-order valence-electron chi connectivity index (χ2n) is 2.90. The standard InChI is InChI=1S/C9H16N4O2S/c1-3-10-9-13-12-8(16-9)7(14)11-5-6-15-4-2/h3-6H2,1-2H3,(H,10,13)(H,11,14). The van der Waals surface area contributed by atoms with E-state index >= 15 is 0 Å². The Morgan fingerprint density at radius 2 is 2.25 bits per heavy atom. The van der Waals surface area contributed by atoms with Gasteiger partial charge in [-0.2, -0.15) is 0 Å². The van der Waals surface area contributed by atoms with Crippen LogP contribution < -0.4 is 10.6 Å². The lowest BCUT2D eigenvalue weighted by atomic mass is 10.6. The highest BCUT2D eigenvalue weighted by Crippen LogP contribution is 2.14. The lowest BCUT2D eigenvalue weighted by Gasteiger charge is -2.01. The number of hydrogen-bond acceptors (Lipinski definition) is 6. The molecule has 0 radical (unpaired) electrons. The van der Waals surface area contributed by atoms with Crippen LogP contribution in [-0.4, -0.2) is 42.4 Å². The third-order valence-corrected chi connectivity index (χ3v) is 2.56. The molecule has 0 spiro atoms. The first-order valence-corrected chi connectivity index (χ1v) is 6.02. The molecule has 0 saturated heterocycles. The van der Waals surface area contributed by atoms with E-state index in [4.69, 9.17) is 4.74 Å². The SMILES string of the molecule is CCNc1nnc(C(=O)NCCOCC)s1. The zero-order chi connectivity index (χ0) is 11.8. The van der Waals surface area contributed by atoms with Crippen LogP contribution in [0, 0.1) is 0 Å². The van der Waals surface area contributed by atoms with E-state index in [1.165, 1.54) is 11.3 Å². The number of carbonyl (C=O) groups excluding carboxylic acids is 1. The molecule has 0 bridgehead atoms. The van der Waals surface area contributed by atoms with Crippen molar-refractivity contribution in [3.05, 3.63) is 5.01 Å². The number of ether oxygens (including phenoxy) is 1. The first-order chi connectivity index (χ1) is 7.77. The minimum atomic E-state index is -0.207. The highest BCUT2D eigenvalue weighted by Gasteiger charge is 2.11. The predicted octanol–water partition coefficient (Wildman–Crippen LogP) is 0.736. The Labute approximate surface area is 98.4 Å². The van der Waals surface area contributed by atoms with Crippen LogP contribution >= 0.6 is 11.3 Å². The normalized spacial score (nSPS) is 10.1. The molecule has 0 aliphatic heterocycles. The molecule has 90 valence electrons. The minimum Gasteiger partial charge on any atom is -0.380 e. The molecule has 1 heterocycles. The topological polar surface area (TPSA) is 76.1 Å². The summed E-state index contributed by atoms with van der Waals surface area (Å²) in [6.45, 7) is 6.29. The van der Waals surface area contributed by atoms with E-state index in [-0.39, 0.29) is 5.91 Å². The van der Waals surface area contributed by atoms with Crippen molar-refractivity contribution in [1.29, 1.82) is 0 Å². The van der Waals surface area contributed by atoms with Crippen molar-refractivity contribution in [2.24, 2.45) is 0 Å². The van der Waals surface area contributed by atoms with Crippen LogP contribution in [0.2, 0.25) is 0 Å². The van der Waals surface area contributed by atoms with Crippen molar-refractivity contribution >= 4 is 22.4 Å². The first-order valence-electron chi connectivity index (χ1n) is 5.21. The van der Waals surface area contributed by atoms with Crippen LogP contribution in [0.25, 0.3) is 0 Å². The molecule has 0 saturated carbocycles. The van der Waals surface area contributed by atoms with E-state index < -0.39 is 0 Å². The molecule has 0 aliphatic carbocycles. The second-order valence-corrected chi connectivity index (χ2v) is 3.87. The van der Waals surface area contributed by atoms with Gasteiger partial charge in [-0.15, -0.1) is 10.2 Å². The van der Waals surface area contributed by atoms with Crippen LogP contribution in [0.15, 0.2) is 0 Å². The van der Waals surface area contributed by atoms with Crippen molar-refractivity contribution in [3.8, 4) is 0 Å². The molecule has 0 aliphatic rings. The summed E-state index contributed by atoms with van der Waals surface area (Å²) in [5.41, 5.74) is 0. The Kier molecular flexibility index (Phi) is 5.73. The molecule has 1 amide bonds. The second kappa shape index (κ2) is 7.13. The molecular weight excluding hydrogens is 228 g/mol. The van der Waals surface area contributed by atoms with Crippen molar-refractivity contribution in [2.45, 2.75) is 13.8 Å². The quantitative estimate of drug-likeness (QED) is 0.692. The minimum absolute atomic E-state index is 0.207.